The number of anilines is 1. The molecule has 0 unspecified atom stereocenters. The molecule has 146 valence electrons. The standard InChI is InChI=1S/C19H23N7O2/c1-12-8-26-17(22-18(12)27)6-13(23-26)9-25-10-15(11-25)24(3)14-4-5-16(21-7-14)19(28)20-2/h4-8,15H,9-11H2,1-3H3,(H,20,28)(H,22,27). The number of hydrogen-bond donors (Lipinski definition) is 2. The minimum Gasteiger partial charge on any atom is -0.368 e. The van der Waals surface area contributed by atoms with Crippen molar-refractivity contribution in [3.8, 4) is 0 Å². The van der Waals surface area contributed by atoms with E-state index in [1.807, 2.05) is 19.2 Å². The summed E-state index contributed by atoms with van der Waals surface area (Å²) in [5.41, 5.74) is 3.60. The number of carbonyl (C=O) groups excluding carboxylic acids is 1. The predicted molar refractivity (Wildman–Crippen MR) is 106 cm³/mol. The number of nitrogens with one attached hydrogen (secondary N) is 2. The fourth-order valence-corrected chi connectivity index (χ4v) is 3.38. The van der Waals surface area contributed by atoms with Gasteiger partial charge in [0.25, 0.3) is 11.5 Å². The Morgan fingerprint density at radius 3 is 2.86 bits per heavy atom. The van der Waals surface area contributed by atoms with Crippen LogP contribution in [0.25, 0.3) is 5.65 Å². The van der Waals surface area contributed by atoms with E-state index in [9.17, 15) is 9.59 Å². The van der Waals surface area contributed by atoms with E-state index in [4.69, 9.17) is 0 Å². The Bertz CT molecular complexity index is 1060. The molecule has 1 saturated heterocycles. The first-order chi connectivity index (χ1) is 13.4. The highest BCUT2D eigenvalue weighted by Crippen LogP contribution is 2.22. The number of likely N-dealkylation sites (tertiary alicyclic amines) is 1. The summed E-state index contributed by atoms with van der Waals surface area (Å²) in [4.78, 5) is 34.9. The monoisotopic (exact) mass is 381 g/mol. The van der Waals surface area contributed by atoms with E-state index < -0.39 is 0 Å². The fraction of sp³-hybridized carbons (Fsp3) is 0.368. The van der Waals surface area contributed by atoms with Crippen molar-refractivity contribution in [3.63, 3.8) is 0 Å². The Labute approximate surface area is 162 Å². The van der Waals surface area contributed by atoms with E-state index >= 15 is 0 Å². The maximum absolute atomic E-state index is 11.7. The van der Waals surface area contributed by atoms with Crippen molar-refractivity contribution in [2.24, 2.45) is 0 Å². The minimum absolute atomic E-state index is 0.0827. The van der Waals surface area contributed by atoms with E-state index in [1.165, 1.54) is 0 Å². The van der Waals surface area contributed by atoms with Crippen LogP contribution in [0, 0.1) is 6.92 Å². The minimum atomic E-state index is -0.187. The molecule has 9 nitrogen and oxygen atoms in total. The zero-order valence-corrected chi connectivity index (χ0v) is 16.1. The van der Waals surface area contributed by atoms with Crippen LogP contribution in [0.3, 0.4) is 0 Å². The maximum atomic E-state index is 11.7. The summed E-state index contributed by atoms with van der Waals surface area (Å²) in [6, 6.07) is 5.95. The number of carbonyl (C=O) groups is 1. The van der Waals surface area contributed by atoms with Gasteiger partial charge in [-0.3, -0.25) is 14.5 Å². The molecular weight excluding hydrogens is 358 g/mol. The van der Waals surface area contributed by atoms with Crippen molar-refractivity contribution >= 4 is 17.2 Å². The van der Waals surface area contributed by atoms with Crippen molar-refractivity contribution in [3.05, 3.63) is 57.9 Å². The zero-order chi connectivity index (χ0) is 19.8. The first kappa shape index (κ1) is 18.2. The number of aryl methyl sites for hydroxylation is 1. The quantitative estimate of drug-likeness (QED) is 0.664. The van der Waals surface area contributed by atoms with Gasteiger partial charge in [-0.1, -0.05) is 0 Å². The largest absolute Gasteiger partial charge is 0.368 e. The van der Waals surface area contributed by atoms with Crippen molar-refractivity contribution in [1.29, 1.82) is 0 Å². The Hall–Kier alpha value is -3.20. The molecule has 1 fully saturated rings. The van der Waals surface area contributed by atoms with Gasteiger partial charge in [0, 0.05) is 51.6 Å². The summed E-state index contributed by atoms with van der Waals surface area (Å²) < 4.78 is 1.72. The number of pyridine rings is 1. The van der Waals surface area contributed by atoms with E-state index in [2.05, 4.69) is 30.2 Å². The molecule has 0 aliphatic carbocycles. The number of aromatic amines is 1. The second-order valence-electron chi connectivity index (χ2n) is 7.17. The molecule has 1 amide bonds. The molecule has 0 aromatic carbocycles. The van der Waals surface area contributed by atoms with Gasteiger partial charge in [0.2, 0.25) is 0 Å². The van der Waals surface area contributed by atoms with Crippen LogP contribution in [0.2, 0.25) is 0 Å². The Morgan fingerprint density at radius 1 is 1.39 bits per heavy atom. The van der Waals surface area contributed by atoms with Crippen molar-refractivity contribution in [1.82, 2.24) is 29.8 Å². The molecule has 1 aliphatic rings. The van der Waals surface area contributed by atoms with Crippen LogP contribution >= 0.6 is 0 Å². The van der Waals surface area contributed by atoms with Crippen LogP contribution < -0.4 is 15.8 Å². The predicted octanol–water partition coefficient (Wildman–Crippen LogP) is 0.406. The molecule has 4 rings (SSSR count). The molecule has 4 heterocycles. The molecule has 3 aromatic rings. The Kier molecular flexibility index (Phi) is 4.60. The van der Waals surface area contributed by atoms with Crippen molar-refractivity contribution in [2.75, 3.05) is 32.1 Å². The zero-order valence-electron chi connectivity index (χ0n) is 16.1. The first-order valence-electron chi connectivity index (χ1n) is 9.16. The summed E-state index contributed by atoms with van der Waals surface area (Å²) in [5.74, 6) is -0.187. The average Bonchev–Trinajstić information content (AvgIpc) is 3.05. The highest BCUT2D eigenvalue weighted by molar-refractivity contribution is 5.92. The van der Waals surface area contributed by atoms with Gasteiger partial charge in [-0.25, -0.2) is 9.50 Å². The first-order valence-corrected chi connectivity index (χ1v) is 9.16. The lowest BCUT2D eigenvalue weighted by molar-refractivity contribution is 0.0958. The number of aromatic nitrogens is 4. The molecule has 9 heteroatoms. The van der Waals surface area contributed by atoms with E-state index in [0.717, 1.165) is 31.0 Å². The van der Waals surface area contributed by atoms with E-state index in [0.29, 0.717) is 22.9 Å². The number of nitrogens with zero attached hydrogens (tertiary/aromatic N) is 5. The molecule has 1 aliphatic heterocycles. The van der Waals surface area contributed by atoms with Crippen LogP contribution in [0.4, 0.5) is 5.69 Å². The Balaban J connectivity index is 1.36. The SMILES string of the molecule is CNC(=O)c1ccc(N(C)C2CN(Cc3cc4[nH]c(=O)c(C)cn4n3)C2)cn1. The summed E-state index contributed by atoms with van der Waals surface area (Å²) in [7, 11) is 3.63. The third-order valence-electron chi connectivity index (χ3n) is 5.19. The molecule has 2 N–H and O–H groups in total. The van der Waals surface area contributed by atoms with Crippen molar-refractivity contribution in [2.45, 2.75) is 19.5 Å². The molecule has 3 aromatic heterocycles. The Morgan fingerprint density at radius 2 is 2.18 bits per heavy atom. The summed E-state index contributed by atoms with van der Waals surface area (Å²) in [5, 5.41) is 7.11. The van der Waals surface area contributed by atoms with Crippen LogP contribution in [-0.2, 0) is 6.54 Å². The van der Waals surface area contributed by atoms with Crippen LogP contribution in [0.5, 0.6) is 0 Å². The summed E-state index contributed by atoms with van der Waals surface area (Å²) in [6.07, 6.45) is 3.48. The molecule has 28 heavy (non-hydrogen) atoms. The van der Waals surface area contributed by atoms with Gasteiger partial charge in [0.1, 0.15) is 11.3 Å². The maximum Gasteiger partial charge on any atom is 0.269 e. The van der Waals surface area contributed by atoms with Gasteiger partial charge in [-0.15, -0.1) is 0 Å². The third kappa shape index (κ3) is 3.36. The van der Waals surface area contributed by atoms with Gasteiger partial charge >= 0.3 is 0 Å². The second-order valence-corrected chi connectivity index (χ2v) is 7.17. The molecule has 0 saturated carbocycles. The topological polar surface area (TPSA) is 98.6 Å². The summed E-state index contributed by atoms with van der Waals surface area (Å²) >= 11 is 0. The average molecular weight is 381 g/mol. The lowest BCUT2D eigenvalue weighted by Crippen LogP contribution is -2.58. The molecule has 0 radical (unpaired) electrons. The smallest absolute Gasteiger partial charge is 0.269 e. The number of H-pyrrole nitrogens is 1. The molecule has 0 spiro atoms. The van der Waals surface area contributed by atoms with Gasteiger partial charge in [0.05, 0.1) is 23.6 Å². The van der Waals surface area contributed by atoms with Gasteiger partial charge in [-0.2, -0.15) is 5.10 Å². The number of fused-ring (bicyclic) bond motifs is 1. The van der Waals surface area contributed by atoms with Gasteiger partial charge < -0.3 is 15.2 Å². The van der Waals surface area contributed by atoms with Crippen molar-refractivity contribution < 1.29 is 4.79 Å². The van der Waals surface area contributed by atoms with E-state index in [-0.39, 0.29) is 11.5 Å². The lowest BCUT2D eigenvalue weighted by Gasteiger charge is -2.44. The fourth-order valence-electron chi connectivity index (χ4n) is 3.38. The second kappa shape index (κ2) is 7.08. The number of rotatable bonds is 5. The highest BCUT2D eigenvalue weighted by Gasteiger charge is 2.30. The molecule has 0 atom stereocenters. The lowest BCUT2D eigenvalue weighted by atomic mass is 10.1. The number of likely N-dealkylation sites (N-methyl/N-ethyl adjacent to an activating group) is 1. The van der Waals surface area contributed by atoms with Crippen LogP contribution in [-0.4, -0.2) is 63.6 Å². The van der Waals surface area contributed by atoms with Crippen LogP contribution in [0.15, 0.2) is 35.4 Å². The van der Waals surface area contributed by atoms with E-state index in [1.54, 1.807) is 36.9 Å². The molecule has 0 bridgehead atoms. The summed E-state index contributed by atoms with van der Waals surface area (Å²) in [6.45, 7) is 4.33. The highest BCUT2D eigenvalue weighted by atomic mass is 16.1. The van der Waals surface area contributed by atoms with Gasteiger partial charge in [0.15, 0.2) is 0 Å². The third-order valence-corrected chi connectivity index (χ3v) is 5.19. The van der Waals surface area contributed by atoms with Crippen LogP contribution in [0.1, 0.15) is 21.7 Å². The number of hydrogen-bond acceptors (Lipinski definition) is 6. The molecular formula is C19H23N7O2. The number of amides is 1. The van der Waals surface area contributed by atoms with Gasteiger partial charge in [-0.05, 0) is 19.1 Å². The normalized spacial score (nSPS) is 14.8.